The first-order valence-corrected chi connectivity index (χ1v) is 5.05. The maximum absolute atomic E-state index is 9.58. The normalized spacial score (nSPS) is 10.4. The van der Waals surface area contributed by atoms with E-state index < -0.39 is 0 Å². The van der Waals surface area contributed by atoms with Crippen LogP contribution in [0.1, 0.15) is 11.5 Å². The van der Waals surface area contributed by atoms with Gasteiger partial charge in [0.2, 0.25) is 5.89 Å². The van der Waals surface area contributed by atoms with Crippen LogP contribution in [0.2, 0.25) is 5.02 Å². The van der Waals surface area contributed by atoms with Crippen LogP contribution in [-0.2, 0) is 6.54 Å². The number of aromatic hydroxyl groups is 1. The van der Waals surface area contributed by atoms with Gasteiger partial charge < -0.3 is 14.8 Å². The summed E-state index contributed by atoms with van der Waals surface area (Å²) in [5, 5.41) is 20.4. The molecule has 1 heterocycles. The maximum atomic E-state index is 9.58. The first-order chi connectivity index (χ1) is 7.66. The number of nitrogens with zero attached hydrogens (tertiary/aromatic N) is 2. The molecule has 16 heavy (non-hydrogen) atoms. The van der Waals surface area contributed by atoms with Crippen molar-refractivity contribution in [1.82, 2.24) is 10.2 Å². The summed E-state index contributed by atoms with van der Waals surface area (Å²) in [5.41, 5.74) is 0.597. The van der Waals surface area contributed by atoms with E-state index in [1.807, 2.05) is 0 Å². The maximum Gasteiger partial charge on any atom is 0.315 e. The molecule has 0 unspecified atom stereocenters. The van der Waals surface area contributed by atoms with Crippen molar-refractivity contribution in [3.8, 4) is 5.75 Å². The third kappa shape index (κ3) is 2.25. The van der Waals surface area contributed by atoms with Gasteiger partial charge in [0, 0.05) is 24.1 Å². The van der Waals surface area contributed by atoms with Gasteiger partial charge in [-0.3, -0.25) is 0 Å². The van der Waals surface area contributed by atoms with Crippen molar-refractivity contribution in [2.45, 2.75) is 13.5 Å². The number of aromatic nitrogens is 2. The molecule has 0 saturated carbocycles. The molecule has 0 saturated heterocycles. The Labute approximate surface area is 97.1 Å². The lowest BCUT2D eigenvalue weighted by Crippen LogP contribution is -2.00. The highest BCUT2D eigenvalue weighted by atomic mass is 35.5. The van der Waals surface area contributed by atoms with Crippen LogP contribution in [-0.4, -0.2) is 15.3 Å². The number of nitrogens with one attached hydrogen (secondary N) is 1. The average Bonchev–Trinajstić information content (AvgIpc) is 2.63. The average molecular weight is 240 g/mol. The highest BCUT2D eigenvalue weighted by molar-refractivity contribution is 6.31. The van der Waals surface area contributed by atoms with Gasteiger partial charge in [0.25, 0.3) is 0 Å². The van der Waals surface area contributed by atoms with E-state index in [-0.39, 0.29) is 5.75 Å². The van der Waals surface area contributed by atoms with Gasteiger partial charge in [-0.25, -0.2) is 0 Å². The van der Waals surface area contributed by atoms with Crippen molar-refractivity contribution in [2.75, 3.05) is 5.32 Å². The van der Waals surface area contributed by atoms with Gasteiger partial charge in [-0.2, -0.15) is 0 Å². The number of hydrogen-bond donors (Lipinski definition) is 2. The van der Waals surface area contributed by atoms with E-state index >= 15 is 0 Å². The van der Waals surface area contributed by atoms with Crippen LogP contribution in [0.15, 0.2) is 22.6 Å². The summed E-state index contributed by atoms with van der Waals surface area (Å²) in [6, 6.07) is 5.26. The smallest absolute Gasteiger partial charge is 0.315 e. The molecule has 0 amide bonds. The zero-order valence-electron chi connectivity index (χ0n) is 8.57. The highest BCUT2D eigenvalue weighted by Crippen LogP contribution is 2.25. The van der Waals surface area contributed by atoms with E-state index in [1.165, 1.54) is 0 Å². The standard InChI is InChI=1S/C10H10ClN3O2/c1-6-13-14-10(16-6)12-5-7-8(11)3-2-4-9(7)15/h2-4,15H,5H2,1H3,(H,12,14). The predicted molar refractivity (Wildman–Crippen MR) is 59.5 cm³/mol. The Kier molecular flexibility index (Phi) is 2.96. The molecule has 0 radical (unpaired) electrons. The summed E-state index contributed by atoms with van der Waals surface area (Å²) in [4.78, 5) is 0. The molecule has 1 aromatic carbocycles. The van der Waals surface area contributed by atoms with Crippen LogP contribution < -0.4 is 5.32 Å². The molecule has 2 rings (SSSR count). The second-order valence-corrected chi connectivity index (χ2v) is 3.62. The number of hydrogen-bond acceptors (Lipinski definition) is 5. The quantitative estimate of drug-likeness (QED) is 0.860. The van der Waals surface area contributed by atoms with Crippen LogP contribution >= 0.6 is 11.6 Å². The number of aryl methyl sites for hydroxylation is 1. The summed E-state index contributed by atoms with van der Waals surface area (Å²) in [6.45, 7) is 2.03. The Morgan fingerprint density at radius 1 is 1.44 bits per heavy atom. The molecule has 6 heteroatoms. The van der Waals surface area contributed by atoms with E-state index in [9.17, 15) is 5.11 Å². The van der Waals surface area contributed by atoms with Crippen LogP contribution in [0.25, 0.3) is 0 Å². The molecule has 1 aromatic heterocycles. The Morgan fingerprint density at radius 2 is 2.25 bits per heavy atom. The lowest BCUT2D eigenvalue weighted by molar-refractivity contribution is 0.468. The van der Waals surface area contributed by atoms with E-state index in [1.54, 1.807) is 25.1 Å². The summed E-state index contributed by atoms with van der Waals surface area (Å²) < 4.78 is 5.13. The van der Waals surface area contributed by atoms with Gasteiger partial charge in [-0.1, -0.05) is 22.8 Å². The minimum Gasteiger partial charge on any atom is -0.508 e. The molecule has 0 atom stereocenters. The molecule has 0 spiro atoms. The summed E-state index contributed by atoms with van der Waals surface area (Å²) >= 11 is 5.93. The molecule has 84 valence electrons. The second-order valence-electron chi connectivity index (χ2n) is 3.22. The third-order valence-corrected chi connectivity index (χ3v) is 2.39. The molecule has 0 fully saturated rings. The fourth-order valence-electron chi connectivity index (χ4n) is 1.25. The Hall–Kier alpha value is -1.75. The van der Waals surface area contributed by atoms with E-state index in [0.717, 1.165) is 0 Å². The number of halogens is 1. The summed E-state index contributed by atoms with van der Waals surface area (Å²) in [7, 11) is 0. The Balaban J connectivity index is 2.10. The molecule has 0 aliphatic carbocycles. The van der Waals surface area contributed by atoms with Crippen LogP contribution in [0.3, 0.4) is 0 Å². The van der Waals surface area contributed by atoms with E-state index in [2.05, 4.69) is 15.5 Å². The highest BCUT2D eigenvalue weighted by Gasteiger charge is 2.07. The van der Waals surface area contributed by atoms with Gasteiger partial charge in [0.05, 0.1) is 0 Å². The number of rotatable bonds is 3. The fourth-order valence-corrected chi connectivity index (χ4v) is 1.49. The van der Waals surface area contributed by atoms with Crippen molar-refractivity contribution >= 4 is 17.6 Å². The molecule has 5 nitrogen and oxygen atoms in total. The Morgan fingerprint density at radius 3 is 2.88 bits per heavy atom. The minimum atomic E-state index is 0.135. The lowest BCUT2D eigenvalue weighted by atomic mass is 10.2. The van der Waals surface area contributed by atoms with Gasteiger partial charge >= 0.3 is 6.01 Å². The fraction of sp³-hybridized carbons (Fsp3) is 0.200. The minimum absolute atomic E-state index is 0.135. The first-order valence-electron chi connectivity index (χ1n) is 4.67. The van der Waals surface area contributed by atoms with Crippen molar-refractivity contribution in [2.24, 2.45) is 0 Å². The summed E-state index contributed by atoms with van der Waals surface area (Å²) in [5.74, 6) is 0.613. The largest absolute Gasteiger partial charge is 0.508 e. The van der Waals surface area contributed by atoms with Gasteiger partial charge in [0.15, 0.2) is 0 Å². The zero-order chi connectivity index (χ0) is 11.5. The molecule has 0 bridgehead atoms. The second kappa shape index (κ2) is 4.40. The molecule has 2 N–H and O–H groups in total. The summed E-state index contributed by atoms with van der Waals surface area (Å²) in [6.07, 6.45) is 0. The number of benzene rings is 1. The van der Waals surface area contributed by atoms with Crippen molar-refractivity contribution in [3.05, 3.63) is 34.7 Å². The van der Waals surface area contributed by atoms with Crippen molar-refractivity contribution < 1.29 is 9.52 Å². The van der Waals surface area contributed by atoms with Gasteiger partial charge in [0.1, 0.15) is 5.75 Å². The van der Waals surface area contributed by atoms with Gasteiger partial charge in [-0.05, 0) is 12.1 Å². The van der Waals surface area contributed by atoms with Crippen LogP contribution in [0, 0.1) is 6.92 Å². The third-order valence-electron chi connectivity index (χ3n) is 2.04. The molecular weight excluding hydrogens is 230 g/mol. The molecule has 0 aliphatic heterocycles. The number of phenols is 1. The van der Waals surface area contributed by atoms with Gasteiger partial charge in [-0.15, -0.1) is 5.10 Å². The lowest BCUT2D eigenvalue weighted by Gasteiger charge is -2.06. The van der Waals surface area contributed by atoms with Crippen molar-refractivity contribution in [3.63, 3.8) is 0 Å². The SMILES string of the molecule is Cc1nnc(NCc2c(O)cccc2Cl)o1. The topological polar surface area (TPSA) is 71.2 Å². The number of phenolic OH excluding ortho intramolecular Hbond substituents is 1. The van der Waals surface area contributed by atoms with E-state index in [4.69, 9.17) is 16.0 Å². The molecule has 0 aliphatic rings. The van der Waals surface area contributed by atoms with Crippen LogP contribution in [0.4, 0.5) is 6.01 Å². The molecular formula is C10H10ClN3O2. The van der Waals surface area contributed by atoms with Crippen LogP contribution in [0.5, 0.6) is 5.75 Å². The predicted octanol–water partition coefficient (Wildman–Crippen LogP) is 2.35. The molecule has 2 aromatic rings. The zero-order valence-corrected chi connectivity index (χ0v) is 9.32. The monoisotopic (exact) mass is 239 g/mol. The van der Waals surface area contributed by atoms with Crippen molar-refractivity contribution in [1.29, 1.82) is 0 Å². The first kappa shape index (κ1) is 10.8. The number of anilines is 1. The Bertz CT molecular complexity index is 478. The van der Waals surface area contributed by atoms with E-state index in [0.29, 0.717) is 29.0 Å².